The maximum Gasteiger partial charge on any atom is 0.119 e. The van der Waals surface area contributed by atoms with Gasteiger partial charge >= 0.3 is 0 Å². The average Bonchev–Trinajstić information content (AvgIpc) is 2.83. The second-order valence-electron chi connectivity index (χ2n) is 8.15. The van der Waals surface area contributed by atoms with E-state index in [1.54, 1.807) is 7.11 Å². The third-order valence-electron chi connectivity index (χ3n) is 6.53. The summed E-state index contributed by atoms with van der Waals surface area (Å²) in [6.45, 7) is 3.03. The SMILES string of the molecule is COc1cccc(CN2[C@@H]3CNC[C@H]2C3c2ccc(-c3ccc(C#N)cc3)cc2)c1. The van der Waals surface area contributed by atoms with Crippen LogP contribution in [0.15, 0.2) is 72.8 Å². The molecule has 0 spiro atoms. The Labute approximate surface area is 177 Å². The van der Waals surface area contributed by atoms with Gasteiger partial charge in [0.15, 0.2) is 0 Å². The van der Waals surface area contributed by atoms with E-state index in [9.17, 15) is 0 Å². The molecule has 0 amide bonds. The number of fused-ring (bicyclic) bond motifs is 2. The largest absolute Gasteiger partial charge is 0.497 e. The number of nitriles is 1. The predicted octanol–water partition coefficient (Wildman–Crippen LogP) is 4.17. The lowest BCUT2D eigenvalue weighted by Gasteiger charge is -2.59. The Kier molecular flexibility index (Phi) is 5.00. The third-order valence-corrected chi connectivity index (χ3v) is 6.53. The van der Waals surface area contributed by atoms with Gasteiger partial charge in [0.2, 0.25) is 0 Å². The van der Waals surface area contributed by atoms with Crippen LogP contribution < -0.4 is 10.1 Å². The summed E-state index contributed by atoms with van der Waals surface area (Å²) in [5.74, 6) is 1.50. The van der Waals surface area contributed by atoms with Crippen LogP contribution in [0.25, 0.3) is 11.1 Å². The fourth-order valence-electron chi connectivity index (χ4n) is 4.98. The summed E-state index contributed by atoms with van der Waals surface area (Å²) < 4.78 is 5.39. The van der Waals surface area contributed by atoms with Gasteiger partial charge in [-0.25, -0.2) is 0 Å². The zero-order valence-corrected chi connectivity index (χ0v) is 17.1. The normalized spacial score (nSPS) is 22.7. The molecule has 2 bridgehead atoms. The molecule has 4 nitrogen and oxygen atoms in total. The summed E-state index contributed by atoms with van der Waals surface area (Å²) in [4.78, 5) is 2.63. The minimum Gasteiger partial charge on any atom is -0.497 e. The maximum atomic E-state index is 8.98. The quantitative estimate of drug-likeness (QED) is 0.704. The molecule has 0 saturated carbocycles. The van der Waals surface area contributed by atoms with Gasteiger partial charge in [-0.1, -0.05) is 48.5 Å². The van der Waals surface area contributed by atoms with E-state index in [4.69, 9.17) is 10.00 Å². The number of rotatable bonds is 5. The van der Waals surface area contributed by atoms with Crippen molar-refractivity contribution in [3.8, 4) is 22.9 Å². The van der Waals surface area contributed by atoms with Crippen molar-refractivity contribution in [2.45, 2.75) is 24.5 Å². The van der Waals surface area contributed by atoms with Gasteiger partial charge in [0, 0.05) is 37.6 Å². The number of hydrogen-bond acceptors (Lipinski definition) is 4. The number of nitrogens with zero attached hydrogens (tertiary/aromatic N) is 2. The van der Waals surface area contributed by atoms with Gasteiger partial charge in [-0.15, -0.1) is 0 Å². The van der Waals surface area contributed by atoms with Crippen molar-refractivity contribution in [2.75, 3.05) is 20.2 Å². The molecular formula is C26H25N3O. The van der Waals surface area contributed by atoms with Gasteiger partial charge in [-0.3, -0.25) is 4.90 Å². The molecule has 150 valence electrons. The summed E-state index contributed by atoms with van der Waals surface area (Å²) in [6.07, 6.45) is 0. The number of benzene rings is 3. The third kappa shape index (κ3) is 3.37. The van der Waals surface area contributed by atoms with E-state index < -0.39 is 0 Å². The molecule has 2 aliphatic rings. The molecule has 3 aromatic rings. The van der Waals surface area contributed by atoms with Gasteiger partial charge < -0.3 is 10.1 Å². The standard InChI is InChI=1S/C26H25N3O/c1-30-23-4-2-3-19(13-23)17-29-24-15-28-16-25(29)26(24)22-11-9-21(10-12-22)20-7-5-18(14-27)6-8-20/h2-13,24-26,28H,15-17H2,1H3/t24-,25+,26?. The molecule has 0 aromatic heterocycles. The van der Waals surface area contributed by atoms with Crippen molar-refractivity contribution in [1.82, 2.24) is 10.2 Å². The van der Waals surface area contributed by atoms with E-state index in [2.05, 4.69) is 58.8 Å². The summed E-state index contributed by atoms with van der Waals surface area (Å²) in [5.41, 5.74) is 5.77. The maximum absolute atomic E-state index is 8.98. The molecule has 30 heavy (non-hydrogen) atoms. The Morgan fingerprint density at radius 1 is 0.967 bits per heavy atom. The molecule has 2 aliphatic heterocycles. The molecule has 2 saturated heterocycles. The second kappa shape index (κ2) is 7.95. The van der Waals surface area contributed by atoms with Crippen LogP contribution in [0.5, 0.6) is 5.75 Å². The van der Waals surface area contributed by atoms with E-state index in [0.29, 0.717) is 23.6 Å². The summed E-state index contributed by atoms with van der Waals surface area (Å²) in [7, 11) is 1.72. The van der Waals surface area contributed by atoms with Crippen LogP contribution in [-0.4, -0.2) is 37.2 Å². The number of ether oxygens (including phenoxy) is 1. The zero-order valence-electron chi connectivity index (χ0n) is 17.1. The van der Waals surface area contributed by atoms with Crippen molar-refractivity contribution in [2.24, 2.45) is 0 Å². The Morgan fingerprint density at radius 3 is 2.27 bits per heavy atom. The van der Waals surface area contributed by atoms with E-state index >= 15 is 0 Å². The molecule has 1 unspecified atom stereocenters. The van der Waals surface area contributed by atoms with Crippen LogP contribution >= 0.6 is 0 Å². The van der Waals surface area contributed by atoms with E-state index in [-0.39, 0.29) is 0 Å². The Morgan fingerprint density at radius 2 is 1.63 bits per heavy atom. The lowest BCUT2D eigenvalue weighted by Crippen LogP contribution is -2.72. The molecule has 0 aliphatic carbocycles. The Hall–Kier alpha value is -3.13. The molecule has 4 heteroatoms. The summed E-state index contributed by atoms with van der Waals surface area (Å²) in [6, 6.07) is 28.4. The predicted molar refractivity (Wildman–Crippen MR) is 118 cm³/mol. The van der Waals surface area contributed by atoms with Gasteiger partial charge in [0.05, 0.1) is 18.7 Å². The summed E-state index contributed by atoms with van der Waals surface area (Å²) in [5, 5.41) is 12.6. The number of nitrogens with one attached hydrogen (secondary N) is 1. The first-order valence-corrected chi connectivity index (χ1v) is 10.5. The highest BCUT2D eigenvalue weighted by Gasteiger charge is 2.50. The lowest BCUT2D eigenvalue weighted by atomic mass is 9.72. The van der Waals surface area contributed by atoms with Crippen molar-refractivity contribution in [3.05, 3.63) is 89.5 Å². The summed E-state index contributed by atoms with van der Waals surface area (Å²) >= 11 is 0. The highest BCUT2D eigenvalue weighted by molar-refractivity contribution is 5.64. The first kappa shape index (κ1) is 18.9. The highest BCUT2D eigenvalue weighted by atomic mass is 16.5. The van der Waals surface area contributed by atoms with Crippen molar-refractivity contribution in [1.29, 1.82) is 5.26 Å². The van der Waals surface area contributed by atoms with Crippen LogP contribution in [-0.2, 0) is 6.54 Å². The van der Waals surface area contributed by atoms with E-state index in [1.165, 1.54) is 16.7 Å². The van der Waals surface area contributed by atoms with Crippen LogP contribution in [0.2, 0.25) is 0 Å². The van der Waals surface area contributed by atoms with E-state index in [0.717, 1.165) is 30.9 Å². The molecule has 3 aromatic carbocycles. The van der Waals surface area contributed by atoms with Crippen molar-refractivity contribution >= 4 is 0 Å². The Bertz CT molecular complexity index is 1060. The number of methoxy groups -OCH3 is 1. The average molecular weight is 396 g/mol. The fraction of sp³-hybridized carbons (Fsp3) is 0.269. The monoisotopic (exact) mass is 395 g/mol. The Balaban J connectivity index is 1.32. The minimum absolute atomic E-state index is 0.524. The van der Waals surface area contributed by atoms with Crippen LogP contribution in [0.3, 0.4) is 0 Å². The van der Waals surface area contributed by atoms with Gasteiger partial charge in [-0.2, -0.15) is 5.26 Å². The second-order valence-corrected chi connectivity index (χ2v) is 8.15. The lowest BCUT2D eigenvalue weighted by molar-refractivity contribution is -0.0483. The van der Waals surface area contributed by atoms with Crippen LogP contribution in [0.4, 0.5) is 0 Å². The molecular weight excluding hydrogens is 370 g/mol. The zero-order chi connectivity index (χ0) is 20.5. The van der Waals surface area contributed by atoms with Crippen LogP contribution in [0, 0.1) is 11.3 Å². The molecule has 2 heterocycles. The molecule has 5 rings (SSSR count). The van der Waals surface area contributed by atoms with E-state index in [1.807, 2.05) is 30.3 Å². The fourth-order valence-corrected chi connectivity index (χ4v) is 4.98. The first-order chi connectivity index (χ1) is 14.8. The highest BCUT2D eigenvalue weighted by Crippen LogP contribution is 2.43. The molecule has 2 fully saturated rings. The molecule has 0 radical (unpaired) electrons. The topological polar surface area (TPSA) is 48.3 Å². The van der Waals surface area contributed by atoms with Crippen molar-refractivity contribution in [3.63, 3.8) is 0 Å². The number of piperazine rings is 1. The smallest absolute Gasteiger partial charge is 0.119 e. The van der Waals surface area contributed by atoms with Gasteiger partial charge in [-0.05, 0) is 46.5 Å². The molecule has 1 N–H and O–H groups in total. The molecule has 3 atom stereocenters. The van der Waals surface area contributed by atoms with Crippen LogP contribution in [0.1, 0.15) is 22.6 Å². The minimum atomic E-state index is 0.524. The van der Waals surface area contributed by atoms with Gasteiger partial charge in [0.25, 0.3) is 0 Å². The van der Waals surface area contributed by atoms with Gasteiger partial charge in [0.1, 0.15) is 5.75 Å². The van der Waals surface area contributed by atoms with Crippen molar-refractivity contribution < 1.29 is 4.74 Å². The first-order valence-electron chi connectivity index (χ1n) is 10.5. The number of hydrogen-bond donors (Lipinski definition) is 1. The number of piperidine rings is 1.